The Labute approximate surface area is 88.1 Å². The number of carbonyl (C=O) groups excluding carboxylic acids is 1. The van der Waals surface area contributed by atoms with Crippen molar-refractivity contribution in [3.63, 3.8) is 0 Å². The van der Waals surface area contributed by atoms with Crippen molar-refractivity contribution in [2.75, 3.05) is 13.7 Å². The lowest BCUT2D eigenvalue weighted by Crippen LogP contribution is -1.97. The molecule has 15 heavy (non-hydrogen) atoms. The molecule has 0 aromatic heterocycles. The number of aldehydes is 1. The number of aryl methyl sites for hydroxylation is 1. The maximum Gasteiger partial charge on any atom is 0.161 e. The average molecular weight is 210 g/mol. The van der Waals surface area contributed by atoms with Crippen molar-refractivity contribution >= 4 is 6.29 Å². The number of carbonyl (C=O) groups is 1. The highest BCUT2D eigenvalue weighted by molar-refractivity contribution is 5.79. The number of hydrogen-bond acceptors (Lipinski definition) is 4. The van der Waals surface area contributed by atoms with Gasteiger partial charge in [-0.2, -0.15) is 0 Å². The Bertz CT molecular complexity index is 347. The van der Waals surface area contributed by atoms with Gasteiger partial charge in [0.25, 0.3) is 0 Å². The predicted molar refractivity (Wildman–Crippen MR) is 55.5 cm³/mol. The standard InChI is InChI=1S/C11H14O4/c1-15-11-6-9(7-13)8(3-2-4-12)5-10(11)14/h5-7,12,14H,2-4H2,1H3. The van der Waals surface area contributed by atoms with E-state index >= 15 is 0 Å². The summed E-state index contributed by atoms with van der Waals surface area (Å²) < 4.78 is 4.89. The molecule has 0 fully saturated rings. The van der Waals surface area contributed by atoms with Gasteiger partial charge in [-0.15, -0.1) is 0 Å². The first kappa shape index (κ1) is 11.5. The molecule has 0 atom stereocenters. The lowest BCUT2D eigenvalue weighted by Gasteiger charge is -2.08. The zero-order chi connectivity index (χ0) is 11.3. The van der Waals surface area contributed by atoms with Crippen LogP contribution < -0.4 is 4.74 Å². The molecule has 0 bridgehead atoms. The van der Waals surface area contributed by atoms with E-state index in [1.807, 2.05) is 0 Å². The Morgan fingerprint density at radius 1 is 1.47 bits per heavy atom. The van der Waals surface area contributed by atoms with Crippen molar-refractivity contribution in [3.8, 4) is 11.5 Å². The molecule has 4 heteroatoms. The summed E-state index contributed by atoms with van der Waals surface area (Å²) in [5.41, 5.74) is 1.20. The summed E-state index contributed by atoms with van der Waals surface area (Å²) >= 11 is 0. The number of hydrogen-bond donors (Lipinski definition) is 2. The SMILES string of the molecule is COc1cc(C=O)c(CCCO)cc1O. The fraction of sp³-hybridized carbons (Fsp3) is 0.364. The summed E-state index contributed by atoms with van der Waals surface area (Å²) in [6.45, 7) is 0.0606. The van der Waals surface area contributed by atoms with E-state index in [1.54, 1.807) is 0 Å². The van der Waals surface area contributed by atoms with E-state index in [0.717, 1.165) is 5.56 Å². The number of aromatic hydroxyl groups is 1. The van der Waals surface area contributed by atoms with Gasteiger partial charge in [0.2, 0.25) is 0 Å². The topological polar surface area (TPSA) is 66.8 Å². The summed E-state index contributed by atoms with van der Waals surface area (Å²) in [4.78, 5) is 10.8. The molecule has 0 aliphatic rings. The second-order valence-corrected chi connectivity index (χ2v) is 3.17. The molecule has 0 radical (unpaired) electrons. The molecule has 0 saturated carbocycles. The molecule has 0 unspecified atom stereocenters. The molecular weight excluding hydrogens is 196 g/mol. The number of ether oxygens (including phenoxy) is 1. The maximum absolute atomic E-state index is 10.8. The second kappa shape index (κ2) is 5.36. The van der Waals surface area contributed by atoms with Gasteiger partial charge in [0.1, 0.15) is 6.29 Å². The highest BCUT2D eigenvalue weighted by atomic mass is 16.5. The summed E-state index contributed by atoms with van der Waals surface area (Å²) in [5.74, 6) is 0.292. The molecule has 2 N–H and O–H groups in total. The van der Waals surface area contributed by atoms with Crippen LogP contribution in [0.2, 0.25) is 0 Å². The number of rotatable bonds is 5. The van der Waals surface area contributed by atoms with E-state index in [1.165, 1.54) is 19.2 Å². The minimum Gasteiger partial charge on any atom is -0.504 e. The van der Waals surface area contributed by atoms with Crippen LogP contribution in [0.25, 0.3) is 0 Å². The summed E-state index contributed by atoms with van der Waals surface area (Å²) in [7, 11) is 1.43. The number of phenolic OH excluding ortho intramolecular Hbond substituents is 1. The largest absolute Gasteiger partial charge is 0.504 e. The van der Waals surface area contributed by atoms with Crippen LogP contribution in [0, 0.1) is 0 Å². The van der Waals surface area contributed by atoms with Crippen molar-refractivity contribution < 1.29 is 19.7 Å². The molecule has 1 rings (SSSR count). The molecule has 1 aromatic carbocycles. The van der Waals surface area contributed by atoms with Gasteiger partial charge >= 0.3 is 0 Å². The Morgan fingerprint density at radius 2 is 2.20 bits per heavy atom. The highest BCUT2D eigenvalue weighted by Gasteiger charge is 2.08. The van der Waals surface area contributed by atoms with Crippen LogP contribution in [0.4, 0.5) is 0 Å². The molecule has 82 valence electrons. The van der Waals surface area contributed by atoms with Gasteiger partial charge in [0.15, 0.2) is 11.5 Å². The van der Waals surface area contributed by atoms with E-state index in [2.05, 4.69) is 0 Å². The van der Waals surface area contributed by atoms with Crippen LogP contribution >= 0.6 is 0 Å². The minimum atomic E-state index is 0.0102. The first-order chi connectivity index (χ1) is 7.22. The molecule has 0 saturated heterocycles. The van der Waals surface area contributed by atoms with Crippen LogP contribution in [0.1, 0.15) is 22.3 Å². The van der Waals surface area contributed by atoms with E-state index in [9.17, 15) is 9.90 Å². The molecule has 0 aliphatic carbocycles. The first-order valence-corrected chi connectivity index (χ1v) is 4.68. The Morgan fingerprint density at radius 3 is 2.73 bits per heavy atom. The number of aliphatic hydroxyl groups is 1. The van der Waals surface area contributed by atoms with E-state index in [0.29, 0.717) is 24.7 Å². The molecule has 0 aliphatic heterocycles. The zero-order valence-corrected chi connectivity index (χ0v) is 8.56. The monoisotopic (exact) mass is 210 g/mol. The third kappa shape index (κ3) is 2.70. The number of benzene rings is 1. The van der Waals surface area contributed by atoms with E-state index in [-0.39, 0.29) is 18.1 Å². The summed E-state index contributed by atoms with van der Waals surface area (Å²) in [5, 5.41) is 18.2. The lowest BCUT2D eigenvalue weighted by atomic mass is 10.0. The van der Waals surface area contributed by atoms with Crippen molar-refractivity contribution in [2.24, 2.45) is 0 Å². The quantitative estimate of drug-likeness (QED) is 0.715. The first-order valence-electron chi connectivity index (χ1n) is 4.68. The Kier molecular flexibility index (Phi) is 4.12. The maximum atomic E-state index is 10.8. The van der Waals surface area contributed by atoms with Crippen molar-refractivity contribution in [2.45, 2.75) is 12.8 Å². The van der Waals surface area contributed by atoms with Crippen LogP contribution in [0.3, 0.4) is 0 Å². The van der Waals surface area contributed by atoms with Gasteiger partial charge in [0, 0.05) is 12.2 Å². The Balaban J connectivity index is 3.03. The smallest absolute Gasteiger partial charge is 0.161 e. The normalized spacial score (nSPS) is 10.0. The van der Waals surface area contributed by atoms with Gasteiger partial charge in [-0.1, -0.05) is 0 Å². The van der Waals surface area contributed by atoms with Crippen LogP contribution in [0.15, 0.2) is 12.1 Å². The fourth-order valence-electron chi connectivity index (χ4n) is 1.39. The van der Waals surface area contributed by atoms with Crippen molar-refractivity contribution in [3.05, 3.63) is 23.3 Å². The number of methoxy groups -OCH3 is 1. The molecule has 0 heterocycles. The van der Waals surface area contributed by atoms with Gasteiger partial charge in [-0.05, 0) is 30.5 Å². The van der Waals surface area contributed by atoms with Gasteiger partial charge in [-0.25, -0.2) is 0 Å². The third-order valence-corrected chi connectivity index (χ3v) is 2.17. The Hall–Kier alpha value is -1.55. The predicted octanol–water partition coefficient (Wildman–Crippen LogP) is 1.14. The van der Waals surface area contributed by atoms with Gasteiger partial charge in [-0.3, -0.25) is 4.79 Å². The van der Waals surface area contributed by atoms with Gasteiger partial charge in [0.05, 0.1) is 7.11 Å². The summed E-state index contributed by atoms with van der Waals surface area (Å²) in [6.07, 6.45) is 1.84. The van der Waals surface area contributed by atoms with Crippen molar-refractivity contribution in [1.82, 2.24) is 0 Å². The zero-order valence-electron chi connectivity index (χ0n) is 8.56. The van der Waals surface area contributed by atoms with Crippen LogP contribution in [-0.4, -0.2) is 30.2 Å². The molecular formula is C11H14O4. The highest BCUT2D eigenvalue weighted by Crippen LogP contribution is 2.29. The molecule has 1 aromatic rings. The fourth-order valence-corrected chi connectivity index (χ4v) is 1.39. The molecule has 0 amide bonds. The third-order valence-electron chi connectivity index (χ3n) is 2.17. The van der Waals surface area contributed by atoms with Crippen molar-refractivity contribution in [1.29, 1.82) is 0 Å². The van der Waals surface area contributed by atoms with Crippen LogP contribution in [0.5, 0.6) is 11.5 Å². The number of phenols is 1. The van der Waals surface area contributed by atoms with Crippen LogP contribution in [-0.2, 0) is 6.42 Å². The molecule has 0 spiro atoms. The second-order valence-electron chi connectivity index (χ2n) is 3.17. The molecule has 4 nitrogen and oxygen atoms in total. The average Bonchev–Trinajstić information content (AvgIpc) is 2.26. The number of aliphatic hydroxyl groups excluding tert-OH is 1. The van der Waals surface area contributed by atoms with E-state index < -0.39 is 0 Å². The van der Waals surface area contributed by atoms with E-state index in [4.69, 9.17) is 9.84 Å². The summed E-state index contributed by atoms with van der Waals surface area (Å²) in [6, 6.07) is 2.99. The van der Waals surface area contributed by atoms with Gasteiger partial charge < -0.3 is 14.9 Å². The lowest BCUT2D eigenvalue weighted by molar-refractivity contribution is 0.112. The minimum absolute atomic E-state index is 0.0102.